The van der Waals surface area contributed by atoms with Crippen molar-refractivity contribution in [2.24, 2.45) is 0 Å². The summed E-state index contributed by atoms with van der Waals surface area (Å²) in [5, 5.41) is 15.3. The predicted molar refractivity (Wildman–Crippen MR) is 105 cm³/mol. The van der Waals surface area contributed by atoms with Crippen LogP contribution in [0.2, 0.25) is 0 Å². The van der Waals surface area contributed by atoms with Gasteiger partial charge in [0.05, 0.1) is 17.5 Å². The molecule has 0 atom stereocenters. The number of ether oxygens (including phenoxy) is 1. The van der Waals surface area contributed by atoms with E-state index in [-0.39, 0.29) is 10.9 Å². The van der Waals surface area contributed by atoms with Crippen LogP contribution in [0.25, 0.3) is 0 Å². The number of carbonyl (C=O) groups is 1. The minimum Gasteiger partial charge on any atom is -0.565 e. The first kappa shape index (κ1) is 20.4. The van der Waals surface area contributed by atoms with Gasteiger partial charge in [-0.2, -0.15) is 0 Å². The van der Waals surface area contributed by atoms with Gasteiger partial charge in [0.25, 0.3) is 0 Å². The molecule has 27 heavy (non-hydrogen) atoms. The third kappa shape index (κ3) is 6.72. The topological polar surface area (TPSA) is 69.6 Å². The summed E-state index contributed by atoms with van der Waals surface area (Å²) in [7, 11) is -0.0842. The Kier molecular flexibility index (Phi) is 8.26. The first-order valence-corrected chi connectivity index (χ1v) is 9.81. The first-order chi connectivity index (χ1) is 13.1. The molecule has 0 bridgehead atoms. The molecule has 0 unspecified atom stereocenters. The average Bonchev–Trinajstić information content (AvgIpc) is 2.69. The molecular weight excluding hydrogens is 360 g/mol. The Morgan fingerprint density at radius 1 is 0.852 bits per heavy atom. The highest BCUT2D eigenvalue weighted by atomic mass is 32.2. The van der Waals surface area contributed by atoms with Crippen LogP contribution in [0.15, 0.2) is 99.6 Å². The van der Waals surface area contributed by atoms with Crippen molar-refractivity contribution in [3.8, 4) is 5.75 Å². The molecule has 140 valence electrons. The fraction of sp³-hybridized carbons (Fsp3) is 0.136. The molecular formula is C22H22O4S. The number of carboxylic acid groups (broad SMARTS) is 2. The highest BCUT2D eigenvalue weighted by molar-refractivity contribution is 7.97. The molecule has 0 fully saturated rings. The van der Waals surface area contributed by atoms with Gasteiger partial charge in [-0.05, 0) is 55.0 Å². The van der Waals surface area contributed by atoms with Crippen molar-refractivity contribution >= 4 is 17.1 Å². The molecule has 0 spiro atoms. The fourth-order valence-electron chi connectivity index (χ4n) is 2.41. The summed E-state index contributed by atoms with van der Waals surface area (Å²) in [6, 6.07) is 29.9. The van der Waals surface area contributed by atoms with Gasteiger partial charge in [0, 0.05) is 0 Å². The largest absolute Gasteiger partial charge is 0.565 e. The molecule has 3 aromatic rings. The van der Waals surface area contributed by atoms with Crippen molar-refractivity contribution < 1.29 is 19.7 Å². The van der Waals surface area contributed by atoms with E-state index in [2.05, 4.69) is 91.9 Å². The monoisotopic (exact) mass is 382 g/mol. The second-order valence-electron chi connectivity index (χ2n) is 5.52. The smallest absolute Gasteiger partial charge is 0.249 e. The van der Waals surface area contributed by atoms with Gasteiger partial charge in [0.15, 0.2) is 14.7 Å². The molecule has 0 radical (unpaired) electrons. The standard InChI is InChI=1S/C21H21OS.CH2O3/c1-2-17-22-18-13-15-21(16-14-18)23(19-9-5-3-6-10-19)20-11-7-4-8-12-20;2-1(3)4/h3-16H,2,17H2,1H3;(H2,2,3,4)/q+1;/p-1. The van der Waals surface area contributed by atoms with E-state index in [4.69, 9.17) is 19.7 Å². The summed E-state index contributed by atoms with van der Waals surface area (Å²) in [5.41, 5.74) is 0. The molecule has 1 N–H and O–H groups in total. The zero-order valence-corrected chi connectivity index (χ0v) is 15.9. The van der Waals surface area contributed by atoms with E-state index in [1.807, 2.05) is 0 Å². The Balaban J connectivity index is 0.000000596. The van der Waals surface area contributed by atoms with Crippen LogP contribution in [0.4, 0.5) is 4.79 Å². The van der Waals surface area contributed by atoms with Crippen LogP contribution >= 0.6 is 0 Å². The van der Waals surface area contributed by atoms with Gasteiger partial charge in [-0.1, -0.05) is 43.3 Å². The normalized spacial score (nSPS) is 10.0. The van der Waals surface area contributed by atoms with Crippen molar-refractivity contribution in [2.75, 3.05) is 6.61 Å². The second-order valence-corrected chi connectivity index (χ2v) is 7.54. The second kappa shape index (κ2) is 10.9. The van der Waals surface area contributed by atoms with E-state index in [0.717, 1.165) is 18.8 Å². The molecule has 0 aliphatic heterocycles. The van der Waals surface area contributed by atoms with Crippen LogP contribution in [-0.2, 0) is 10.9 Å². The summed E-state index contributed by atoms with van der Waals surface area (Å²) >= 11 is 0. The van der Waals surface area contributed by atoms with E-state index in [1.54, 1.807) is 0 Å². The van der Waals surface area contributed by atoms with Crippen molar-refractivity contribution in [3.05, 3.63) is 84.9 Å². The van der Waals surface area contributed by atoms with Gasteiger partial charge in [-0.15, -0.1) is 0 Å². The predicted octanol–water partition coefficient (Wildman–Crippen LogP) is 4.46. The van der Waals surface area contributed by atoms with Crippen LogP contribution < -0.4 is 9.84 Å². The average molecular weight is 382 g/mol. The Hall–Kier alpha value is -2.92. The Morgan fingerprint density at radius 2 is 1.26 bits per heavy atom. The highest BCUT2D eigenvalue weighted by Crippen LogP contribution is 2.31. The molecule has 4 nitrogen and oxygen atoms in total. The molecule has 0 aliphatic rings. The minimum absolute atomic E-state index is 0.0842. The third-order valence-electron chi connectivity index (χ3n) is 3.49. The summed E-state index contributed by atoms with van der Waals surface area (Å²) in [4.78, 5) is 12.4. The summed E-state index contributed by atoms with van der Waals surface area (Å²) in [5.74, 6) is 0.945. The van der Waals surface area contributed by atoms with Crippen molar-refractivity contribution in [1.82, 2.24) is 0 Å². The highest BCUT2D eigenvalue weighted by Gasteiger charge is 2.28. The number of hydrogen-bond donors (Lipinski definition) is 1. The maximum Gasteiger partial charge on any atom is 0.249 e. The van der Waals surface area contributed by atoms with E-state index >= 15 is 0 Å². The van der Waals surface area contributed by atoms with Gasteiger partial charge in [0.2, 0.25) is 6.16 Å². The molecule has 3 rings (SSSR count). The molecule has 0 saturated carbocycles. The van der Waals surface area contributed by atoms with Gasteiger partial charge in [0.1, 0.15) is 5.75 Å². The lowest BCUT2D eigenvalue weighted by Gasteiger charge is -2.09. The number of rotatable bonds is 6. The van der Waals surface area contributed by atoms with Crippen molar-refractivity contribution in [3.63, 3.8) is 0 Å². The maximum atomic E-state index is 8.44. The molecule has 0 aromatic heterocycles. The number of benzene rings is 3. The third-order valence-corrected chi connectivity index (χ3v) is 5.72. The first-order valence-electron chi connectivity index (χ1n) is 8.59. The van der Waals surface area contributed by atoms with E-state index in [0.29, 0.717) is 0 Å². The Bertz CT molecular complexity index is 761. The summed E-state index contributed by atoms with van der Waals surface area (Å²) < 4.78 is 5.70. The molecule has 3 aromatic carbocycles. The quantitative estimate of drug-likeness (QED) is 0.639. The van der Waals surface area contributed by atoms with Gasteiger partial charge >= 0.3 is 0 Å². The molecule has 0 saturated heterocycles. The number of hydrogen-bond acceptors (Lipinski definition) is 3. The lowest BCUT2D eigenvalue weighted by molar-refractivity contribution is -0.275. The summed E-state index contributed by atoms with van der Waals surface area (Å²) in [6.45, 7) is 2.89. The molecule has 0 amide bonds. The lowest BCUT2D eigenvalue weighted by atomic mass is 10.3. The van der Waals surface area contributed by atoms with Gasteiger partial charge in [-0.3, -0.25) is 0 Å². The van der Waals surface area contributed by atoms with Crippen LogP contribution in [-0.4, -0.2) is 17.9 Å². The van der Waals surface area contributed by atoms with E-state index in [9.17, 15) is 0 Å². The van der Waals surface area contributed by atoms with Crippen LogP contribution in [0, 0.1) is 0 Å². The minimum atomic E-state index is -2.08. The van der Waals surface area contributed by atoms with E-state index in [1.165, 1.54) is 14.7 Å². The Morgan fingerprint density at radius 3 is 1.67 bits per heavy atom. The molecule has 0 aliphatic carbocycles. The van der Waals surface area contributed by atoms with E-state index < -0.39 is 6.16 Å². The van der Waals surface area contributed by atoms with Gasteiger partial charge in [-0.25, -0.2) is 0 Å². The van der Waals surface area contributed by atoms with Gasteiger partial charge < -0.3 is 19.7 Å². The fourth-order valence-corrected chi connectivity index (χ4v) is 4.50. The Labute approximate surface area is 162 Å². The summed E-state index contributed by atoms with van der Waals surface area (Å²) in [6.07, 6.45) is -1.06. The molecule has 5 heteroatoms. The van der Waals surface area contributed by atoms with Crippen LogP contribution in [0.5, 0.6) is 5.75 Å². The van der Waals surface area contributed by atoms with Crippen molar-refractivity contribution in [1.29, 1.82) is 0 Å². The van der Waals surface area contributed by atoms with Crippen LogP contribution in [0.3, 0.4) is 0 Å². The SMILES string of the molecule is CCCOc1ccc([S+](c2ccccc2)c2ccccc2)cc1.O=C([O-])O. The van der Waals surface area contributed by atoms with Crippen molar-refractivity contribution in [2.45, 2.75) is 28.0 Å². The zero-order chi connectivity index (χ0) is 19.5. The van der Waals surface area contributed by atoms with Crippen LogP contribution in [0.1, 0.15) is 13.3 Å². The maximum absolute atomic E-state index is 8.44. The lowest BCUT2D eigenvalue weighted by Crippen LogP contribution is -2.17. The molecule has 0 heterocycles. The zero-order valence-electron chi connectivity index (χ0n) is 15.1.